The molecule has 2 aromatic carbocycles. The van der Waals surface area contributed by atoms with Gasteiger partial charge in [0.2, 0.25) is 0 Å². The van der Waals surface area contributed by atoms with Gasteiger partial charge in [0.15, 0.2) is 5.16 Å². The van der Waals surface area contributed by atoms with Gasteiger partial charge in [0.1, 0.15) is 11.0 Å². The highest BCUT2D eigenvalue weighted by molar-refractivity contribution is 7.98. The number of nitrogens with zero attached hydrogens (tertiary/aromatic N) is 3. The van der Waals surface area contributed by atoms with E-state index in [0.717, 1.165) is 34.0 Å². The van der Waals surface area contributed by atoms with Crippen molar-refractivity contribution in [1.82, 2.24) is 14.1 Å². The largest absolute Gasteiger partial charge is 0.385 e. The summed E-state index contributed by atoms with van der Waals surface area (Å²) in [4.78, 5) is 18.5. The van der Waals surface area contributed by atoms with Gasteiger partial charge in [-0.3, -0.25) is 9.36 Å². The molecule has 0 unspecified atom stereocenters. The normalized spacial score (nSPS) is 11.3. The molecule has 30 heavy (non-hydrogen) atoms. The van der Waals surface area contributed by atoms with Gasteiger partial charge in [0.05, 0.1) is 0 Å². The molecule has 0 aliphatic heterocycles. The maximum atomic E-state index is 13.5. The van der Waals surface area contributed by atoms with E-state index in [1.165, 1.54) is 5.56 Å². The number of rotatable bonds is 8. The molecule has 0 spiro atoms. The third kappa shape index (κ3) is 4.20. The van der Waals surface area contributed by atoms with Crippen LogP contribution in [-0.2, 0) is 24.1 Å². The molecule has 0 radical (unpaired) electrons. The monoisotopic (exact) mass is 419 g/mol. The van der Waals surface area contributed by atoms with Crippen molar-refractivity contribution < 1.29 is 4.74 Å². The van der Waals surface area contributed by atoms with Crippen molar-refractivity contribution in [3.63, 3.8) is 0 Å². The van der Waals surface area contributed by atoms with Gasteiger partial charge in [-0.2, -0.15) is 0 Å². The van der Waals surface area contributed by atoms with E-state index in [2.05, 4.69) is 24.3 Å². The summed E-state index contributed by atoms with van der Waals surface area (Å²) in [6.07, 6.45) is 2.76. The SMILES string of the molecule is COCCCn1c(SCc2ccccc2)nc2c(-c3ccccc3)cn(C)c2c1=O. The number of ether oxygens (including phenoxy) is 1. The van der Waals surface area contributed by atoms with Gasteiger partial charge in [-0.15, -0.1) is 0 Å². The van der Waals surface area contributed by atoms with Crippen molar-refractivity contribution in [2.75, 3.05) is 13.7 Å². The zero-order valence-corrected chi connectivity index (χ0v) is 18.1. The Balaban J connectivity index is 1.81. The Hall–Kier alpha value is -2.83. The Morgan fingerprint density at radius 3 is 2.43 bits per heavy atom. The summed E-state index contributed by atoms with van der Waals surface area (Å²) in [5.74, 6) is 0.760. The van der Waals surface area contributed by atoms with E-state index < -0.39 is 0 Å². The highest BCUT2D eigenvalue weighted by atomic mass is 32.2. The maximum absolute atomic E-state index is 13.5. The summed E-state index contributed by atoms with van der Waals surface area (Å²) in [7, 11) is 3.59. The van der Waals surface area contributed by atoms with Crippen molar-refractivity contribution in [1.29, 1.82) is 0 Å². The molecule has 2 aromatic heterocycles. The molecule has 154 valence electrons. The lowest BCUT2D eigenvalue weighted by Crippen LogP contribution is -2.25. The Morgan fingerprint density at radius 1 is 1.03 bits per heavy atom. The van der Waals surface area contributed by atoms with Crippen LogP contribution in [0, 0.1) is 0 Å². The number of aromatic nitrogens is 3. The van der Waals surface area contributed by atoms with Crippen LogP contribution in [0.15, 0.2) is 76.8 Å². The Kier molecular flexibility index (Phi) is 6.35. The molecule has 0 fully saturated rings. The predicted octanol–water partition coefficient (Wildman–Crippen LogP) is 4.73. The lowest BCUT2D eigenvalue weighted by molar-refractivity contribution is 0.189. The minimum atomic E-state index is -0.00338. The van der Waals surface area contributed by atoms with Crippen LogP contribution in [0.1, 0.15) is 12.0 Å². The fourth-order valence-corrected chi connectivity index (χ4v) is 4.55. The number of hydrogen-bond acceptors (Lipinski definition) is 4. The fourth-order valence-electron chi connectivity index (χ4n) is 3.58. The van der Waals surface area contributed by atoms with E-state index >= 15 is 0 Å². The van der Waals surface area contributed by atoms with Crippen LogP contribution in [0.25, 0.3) is 22.2 Å². The fraction of sp³-hybridized carbons (Fsp3) is 0.250. The van der Waals surface area contributed by atoms with Crippen LogP contribution in [-0.4, -0.2) is 27.8 Å². The summed E-state index contributed by atoms with van der Waals surface area (Å²) in [5, 5.41) is 0.746. The molecule has 5 nitrogen and oxygen atoms in total. The second-order valence-corrected chi connectivity index (χ2v) is 8.13. The van der Waals surface area contributed by atoms with Crippen molar-refractivity contribution in [2.45, 2.75) is 23.9 Å². The number of methoxy groups -OCH3 is 1. The molecular weight excluding hydrogens is 394 g/mol. The van der Waals surface area contributed by atoms with Crippen LogP contribution < -0.4 is 5.56 Å². The highest BCUT2D eigenvalue weighted by Crippen LogP contribution is 2.30. The summed E-state index contributed by atoms with van der Waals surface area (Å²) < 4.78 is 8.89. The van der Waals surface area contributed by atoms with E-state index in [4.69, 9.17) is 9.72 Å². The number of fused-ring (bicyclic) bond motifs is 1. The summed E-state index contributed by atoms with van der Waals surface area (Å²) in [6, 6.07) is 20.4. The van der Waals surface area contributed by atoms with Crippen LogP contribution in [0.3, 0.4) is 0 Å². The van der Waals surface area contributed by atoms with Crippen molar-refractivity contribution >= 4 is 22.8 Å². The van der Waals surface area contributed by atoms with Crippen LogP contribution in [0.5, 0.6) is 0 Å². The molecule has 0 atom stereocenters. The van der Waals surface area contributed by atoms with Crippen LogP contribution >= 0.6 is 11.8 Å². The minimum Gasteiger partial charge on any atom is -0.385 e. The van der Waals surface area contributed by atoms with E-state index in [0.29, 0.717) is 18.7 Å². The lowest BCUT2D eigenvalue weighted by Gasteiger charge is -2.13. The summed E-state index contributed by atoms with van der Waals surface area (Å²) in [5.41, 5.74) is 4.64. The van der Waals surface area contributed by atoms with Gasteiger partial charge in [0.25, 0.3) is 5.56 Å². The third-order valence-corrected chi connectivity index (χ3v) is 6.11. The van der Waals surface area contributed by atoms with E-state index in [9.17, 15) is 4.79 Å². The van der Waals surface area contributed by atoms with Gasteiger partial charge < -0.3 is 9.30 Å². The number of thioether (sulfide) groups is 1. The quantitative estimate of drug-likeness (QED) is 0.235. The Morgan fingerprint density at radius 2 is 1.73 bits per heavy atom. The Bertz CT molecular complexity index is 1180. The van der Waals surface area contributed by atoms with Crippen molar-refractivity contribution in [3.05, 3.63) is 82.8 Å². The molecule has 4 rings (SSSR count). The Labute approximate surface area is 180 Å². The van der Waals surface area contributed by atoms with E-state index in [1.807, 2.05) is 54.2 Å². The van der Waals surface area contributed by atoms with E-state index in [1.54, 1.807) is 23.4 Å². The van der Waals surface area contributed by atoms with Gasteiger partial charge >= 0.3 is 0 Å². The molecule has 4 aromatic rings. The van der Waals surface area contributed by atoms with Gasteiger partial charge in [-0.1, -0.05) is 72.4 Å². The highest BCUT2D eigenvalue weighted by Gasteiger charge is 2.18. The minimum absolute atomic E-state index is 0.00338. The van der Waals surface area contributed by atoms with E-state index in [-0.39, 0.29) is 5.56 Å². The summed E-state index contributed by atoms with van der Waals surface area (Å²) >= 11 is 1.60. The van der Waals surface area contributed by atoms with Gasteiger partial charge in [0, 0.05) is 44.8 Å². The molecule has 6 heteroatoms. The first kappa shape index (κ1) is 20.4. The standard InChI is InChI=1S/C24H25N3O2S/c1-26-16-20(19-12-7-4-8-13-19)21-22(26)23(28)27(14-9-15-29-2)24(25-21)30-17-18-10-5-3-6-11-18/h3-8,10-13,16H,9,14-15,17H2,1-2H3. The average molecular weight is 420 g/mol. The topological polar surface area (TPSA) is 49.0 Å². The smallest absolute Gasteiger partial charge is 0.278 e. The molecule has 0 aliphatic rings. The second kappa shape index (κ2) is 9.32. The second-order valence-electron chi connectivity index (χ2n) is 7.19. The molecule has 0 saturated heterocycles. The molecule has 0 bridgehead atoms. The molecule has 0 N–H and O–H groups in total. The first-order valence-electron chi connectivity index (χ1n) is 10.00. The van der Waals surface area contributed by atoms with Gasteiger partial charge in [-0.05, 0) is 17.5 Å². The van der Waals surface area contributed by atoms with Crippen molar-refractivity contribution in [2.24, 2.45) is 7.05 Å². The average Bonchev–Trinajstić information content (AvgIpc) is 3.12. The first-order valence-corrected chi connectivity index (χ1v) is 11.0. The zero-order valence-electron chi connectivity index (χ0n) is 17.2. The number of hydrogen-bond donors (Lipinski definition) is 0. The maximum Gasteiger partial charge on any atom is 0.278 e. The lowest BCUT2D eigenvalue weighted by atomic mass is 10.1. The zero-order chi connectivity index (χ0) is 20.9. The summed E-state index contributed by atoms with van der Waals surface area (Å²) in [6.45, 7) is 1.19. The third-order valence-electron chi connectivity index (χ3n) is 5.07. The molecular formula is C24H25N3O2S. The first-order chi connectivity index (χ1) is 14.7. The number of benzene rings is 2. The van der Waals surface area contributed by atoms with Crippen LogP contribution in [0.2, 0.25) is 0 Å². The number of aryl methyl sites for hydroxylation is 1. The molecule has 2 heterocycles. The molecule has 0 aliphatic carbocycles. The van der Waals surface area contributed by atoms with Gasteiger partial charge in [-0.25, -0.2) is 4.98 Å². The van der Waals surface area contributed by atoms with Crippen molar-refractivity contribution in [3.8, 4) is 11.1 Å². The molecule has 0 amide bonds. The molecule has 0 saturated carbocycles. The van der Waals surface area contributed by atoms with Crippen LogP contribution in [0.4, 0.5) is 0 Å². The predicted molar refractivity (Wildman–Crippen MR) is 123 cm³/mol.